The summed E-state index contributed by atoms with van der Waals surface area (Å²) in [5.74, 6) is -2.31. The molecule has 0 amide bonds. The Kier molecular flexibility index (Phi) is 17.4. The number of Topliss-reactive ketones (excluding diaryl/α,β-unsaturated/α-hetero) is 1. The molecule has 0 unspecified atom stereocenters. The quantitative estimate of drug-likeness (QED) is 0.0541. The molecule has 13 N–H and O–H groups in total. The second-order valence-electron chi connectivity index (χ2n) is 26.5. The Hall–Kier alpha value is -2.45. The van der Waals surface area contributed by atoms with Crippen molar-refractivity contribution in [3.8, 4) is 0 Å². The fourth-order valence-corrected chi connectivity index (χ4v) is 16.7. The number of hydrogen-bond acceptors (Lipinski definition) is 24. The summed E-state index contributed by atoms with van der Waals surface area (Å²) >= 11 is 0. The van der Waals surface area contributed by atoms with Crippen LogP contribution in [0, 0.1) is 44.8 Å². The molecule has 25 nitrogen and oxygen atoms in total. The number of aliphatic hydroxyl groups is 12. The molecular formula is C55H86O25. The summed E-state index contributed by atoms with van der Waals surface area (Å²) in [4.78, 5) is 40.1. The van der Waals surface area contributed by atoms with Crippen LogP contribution < -0.4 is 0 Å². The lowest BCUT2D eigenvalue weighted by atomic mass is 9.34. The first-order chi connectivity index (χ1) is 37.4. The van der Waals surface area contributed by atoms with Gasteiger partial charge in [0.15, 0.2) is 31.3 Å². The van der Waals surface area contributed by atoms with E-state index >= 15 is 0 Å². The van der Waals surface area contributed by atoms with Crippen molar-refractivity contribution in [3.05, 3.63) is 11.6 Å². The minimum absolute atomic E-state index is 0.0320. The van der Waals surface area contributed by atoms with Crippen molar-refractivity contribution >= 4 is 17.7 Å². The van der Waals surface area contributed by atoms with Gasteiger partial charge in [-0.1, -0.05) is 54.5 Å². The summed E-state index contributed by atoms with van der Waals surface area (Å²) in [6.45, 7) is 13.9. The first-order valence-corrected chi connectivity index (χ1v) is 28.2. The minimum atomic E-state index is -2.16. The van der Waals surface area contributed by atoms with E-state index in [9.17, 15) is 80.8 Å². The van der Waals surface area contributed by atoms with Gasteiger partial charge in [-0.15, -0.1) is 0 Å². The molecule has 0 spiro atoms. The van der Waals surface area contributed by atoms with Crippen molar-refractivity contribution < 1.29 is 123 Å². The van der Waals surface area contributed by atoms with Crippen LogP contribution in [-0.4, -0.2) is 238 Å². The lowest BCUT2D eigenvalue weighted by molar-refractivity contribution is -0.399. The number of allylic oxidation sites excluding steroid dienone is 1. The third-order valence-corrected chi connectivity index (χ3v) is 21.0. The molecule has 80 heavy (non-hydrogen) atoms. The summed E-state index contributed by atoms with van der Waals surface area (Å²) < 4.78 is 54.0. The number of carbonyl (C=O) groups is 3. The summed E-state index contributed by atoms with van der Waals surface area (Å²) in [5.41, 5.74) is -2.23. The number of aliphatic carboxylic acids is 1. The fraction of sp³-hybridized carbons (Fsp3) is 0.909. The molecule has 0 radical (unpaired) electrons. The number of aliphatic hydroxyl groups excluding tert-OH is 12. The Morgan fingerprint density at radius 3 is 1.70 bits per heavy atom. The molecule has 4 saturated carbocycles. The van der Waals surface area contributed by atoms with Crippen molar-refractivity contribution in [3.63, 3.8) is 0 Å². The van der Waals surface area contributed by atoms with Crippen molar-refractivity contribution in [2.45, 2.75) is 248 Å². The number of hydrogen-bond donors (Lipinski definition) is 13. The average molecular weight is 1150 g/mol. The molecule has 9 aliphatic rings. The Labute approximate surface area is 464 Å². The molecule has 456 valence electrons. The van der Waals surface area contributed by atoms with E-state index in [1.165, 1.54) is 6.92 Å². The highest BCUT2D eigenvalue weighted by Crippen LogP contribution is 2.75. The van der Waals surface area contributed by atoms with Gasteiger partial charge in [-0.05, 0) is 90.4 Å². The topological polar surface area (TPSA) is 397 Å². The van der Waals surface area contributed by atoms with Crippen LogP contribution in [0.15, 0.2) is 11.6 Å². The maximum absolute atomic E-state index is 14.5. The molecular weight excluding hydrogens is 1060 g/mol. The molecule has 28 atom stereocenters. The smallest absolute Gasteiger partial charge is 0.335 e. The van der Waals surface area contributed by atoms with Crippen LogP contribution in [0.2, 0.25) is 0 Å². The van der Waals surface area contributed by atoms with E-state index in [-0.39, 0.29) is 28.4 Å². The van der Waals surface area contributed by atoms with Crippen LogP contribution in [0.4, 0.5) is 0 Å². The van der Waals surface area contributed by atoms with Gasteiger partial charge in [0, 0.05) is 18.8 Å². The Morgan fingerprint density at radius 2 is 1.11 bits per heavy atom. The first kappa shape index (κ1) is 62.1. The highest BCUT2D eigenvalue weighted by atomic mass is 16.8. The summed E-state index contributed by atoms with van der Waals surface area (Å²) in [7, 11) is 0. The number of carbonyl (C=O) groups excluding carboxylic acids is 2. The zero-order valence-electron chi connectivity index (χ0n) is 46.6. The summed E-state index contributed by atoms with van der Waals surface area (Å²) in [5, 5.41) is 140. The van der Waals surface area contributed by atoms with Gasteiger partial charge >= 0.3 is 11.9 Å². The SMILES string of the molecule is CC(=O)O[C@]12CC(C)(C)CC[C@H]1C(=O)C[C@@]1(C)C2=CC[C@H]2[C@]3(C)CC[C@H](O[C@H]4O[C@H](C(=O)O)[C@H](O)[C@H](O)[C@H]4O[C@@H]4O[C@H](CO)[C@@H](O[C@H]5O[C@H](CO)[C@@H](O)[C@H](O)[C@@H]5O[C@H]5O[C@@H](CO)[C@H](O)[C@H](O)[C@@H]5O)[C@H](O)[C@@H]4O)C(C)(C)[C@@H]3CC[C@@]21C. The second-order valence-corrected chi connectivity index (χ2v) is 26.5. The van der Waals surface area contributed by atoms with Crippen LogP contribution in [0.3, 0.4) is 0 Å². The number of ketones is 1. The zero-order chi connectivity index (χ0) is 58.7. The van der Waals surface area contributed by atoms with Crippen LogP contribution in [-0.2, 0) is 57.0 Å². The summed E-state index contributed by atoms with van der Waals surface area (Å²) in [6, 6.07) is 0. The summed E-state index contributed by atoms with van der Waals surface area (Å²) in [6.07, 6.45) is -31.0. The van der Waals surface area contributed by atoms with Gasteiger partial charge in [-0.25, -0.2) is 4.79 Å². The zero-order valence-corrected chi connectivity index (χ0v) is 46.6. The van der Waals surface area contributed by atoms with Crippen LogP contribution in [0.25, 0.3) is 0 Å². The van der Waals surface area contributed by atoms with E-state index in [1.807, 2.05) is 0 Å². The standard InChI is InChI=1S/C55H86O25/c1-22(59)80-55-21-50(2,3)14-11-23(55)24(60)17-54(8)30(55)10-9-29-52(6)15-13-31(51(4,5)28(52)12-16-53(29,54)7)75-49-44(37(66)36(65)42(77-49)45(70)71)79-47-40(69)38(67)41(27(20-58)74-47)76-48-43(35(64)33(62)26(19-57)73-48)78-46-39(68)34(63)32(61)25(18-56)72-46/h10,23,25-29,31-44,46-49,56-58,61-69H,9,11-21H2,1-8H3,(H,70,71)/t23-,25-,26+,27+,28-,29-,31-,32-,33+,34-,35-,36+,37-,38+,39-,40-,41+,42-,43-,44+,46+,47-,48+,49-,52+,53-,54-,55+/m0/s1. The molecule has 5 aliphatic carbocycles. The first-order valence-electron chi connectivity index (χ1n) is 28.2. The van der Waals surface area contributed by atoms with Gasteiger partial charge < -0.3 is 109 Å². The van der Waals surface area contributed by atoms with Gasteiger partial charge in [0.25, 0.3) is 0 Å². The van der Waals surface area contributed by atoms with E-state index < -0.39 is 188 Å². The molecule has 4 heterocycles. The monoisotopic (exact) mass is 1150 g/mol. The Bertz CT molecular complexity index is 2300. The number of esters is 1. The third kappa shape index (κ3) is 10.1. The number of fused-ring (bicyclic) bond motifs is 7. The van der Waals surface area contributed by atoms with Gasteiger partial charge in [-0.2, -0.15) is 0 Å². The molecule has 4 saturated heterocycles. The fourth-order valence-electron chi connectivity index (χ4n) is 16.7. The van der Waals surface area contributed by atoms with E-state index in [0.29, 0.717) is 44.9 Å². The normalized spacial score (nSPS) is 51.9. The number of ether oxygens (including phenoxy) is 9. The van der Waals surface area contributed by atoms with Crippen molar-refractivity contribution in [2.24, 2.45) is 44.8 Å². The van der Waals surface area contributed by atoms with Crippen LogP contribution >= 0.6 is 0 Å². The third-order valence-electron chi connectivity index (χ3n) is 21.0. The maximum Gasteiger partial charge on any atom is 0.335 e. The van der Waals surface area contributed by atoms with Crippen molar-refractivity contribution in [1.29, 1.82) is 0 Å². The van der Waals surface area contributed by atoms with Gasteiger partial charge in [-0.3, -0.25) is 9.59 Å². The lowest BCUT2D eigenvalue weighted by Gasteiger charge is -2.71. The second kappa shape index (κ2) is 22.4. The van der Waals surface area contributed by atoms with Crippen LogP contribution in [0.1, 0.15) is 113 Å². The molecule has 9 rings (SSSR count). The van der Waals surface area contributed by atoms with Gasteiger partial charge in [0.1, 0.15) is 103 Å². The van der Waals surface area contributed by atoms with Crippen molar-refractivity contribution in [1.82, 2.24) is 0 Å². The molecule has 0 aromatic rings. The average Bonchev–Trinajstić information content (AvgIpc) is 2.02. The van der Waals surface area contributed by atoms with E-state index in [4.69, 9.17) is 42.6 Å². The highest BCUT2D eigenvalue weighted by Gasteiger charge is 2.72. The van der Waals surface area contributed by atoms with Crippen molar-refractivity contribution in [2.75, 3.05) is 19.8 Å². The van der Waals surface area contributed by atoms with E-state index in [0.717, 1.165) is 18.4 Å². The minimum Gasteiger partial charge on any atom is -0.479 e. The Morgan fingerprint density at radius 1 is 0.588 bits per heavy atom. The molecule has 0 aromatic heterocycles. The maximum atomic E-state index is 14.5. The predicted molar refractivity (Wildman–Crippen MR) is 269 cm³/mol. The molecule has 0 bridgehead atoms. The molecule has 25 heteroatoms. The molecule has 0 aromatic carbocycles. The van der Waals surface area contributed by atoms with Crippen LogP contribution in [0.5, 0.6) is 0 Å². The largest absolute Gasteiger partial charge is 0.479 e. The number of rotatable bonds is 13. The molecule has 4 aliphatic heterocycles. The van der Waals surface area contributed by atoms with E-state index in [2.05, 4.69) is 54.5 Å². The Balaban J connectivity index is 0.943. The predicted octanol–water partition coefficient (Wildman–Crippen LogP) is -1.97. The highest BCUT2D eigenvalue weighted by molar-refractivity contribution is 5.87. The molecule has 8 fully saturated rings. The van der Waals surface area contributed by atoms with Gasteiger partial charge in [0.05, 0.1) is 31.8 Å². The number of carboxylic acids is 1. The van der Waals surface area contributed by atoms with Gasteiger partial charge in [0.2, 0.25) is 0 Å². The van der Waals surface area contributed by atoms with E-state index in [1.54, 1.807) is 0 Å². The number of carboxylic acid groups (broad SMARTS) is 1. The lowest BCUT2D eigenvalue weighted by Crippen LogP contribution is -2.69.